The standard InChI is InChI=1S/C25H27N7O3/c1-2-4-19(5-3-1)33-13-8-26-23-22-24(28-16-27-23)30-25(29-22)32-11-9-31(10-12-32)15-18-6-7-20-21(14-18)35-17-34-20/h1-7,14,16H,8-13,15,17H2,(H2,26,27,28,29,30). The molecule has 0 radical (unpaired) electrons. The number of fused-ring (bicyclic) bond motifs is 2. The van der Waals surface area contributed by atoms with E-state index in [-0.39, 0.29) is 0 Å². The molecular formula is C25H27N7O3. The van der Waals surface area contributed by atoms with E-state index < -0.39 is 0 Å². The van der Waals surface area contributed by atoms with E-state index in [0.717, 1.165) is 67.3 Å². The van der Waals surface area contributed by atoms with Crippen LogP contribution in [0.15, 0.2) is 54.9 Å². The lowest BCUT2D eigenvalue weighted by molar-refractivity contribution is 0.174. The molecule has 0 bridgehead atoms. The Labute approximate surface area is 202 Å². The third kappa shape index (κ3) is 4.78. The summed E-state index contributed by atoms with van der Waals surface area (Å²) in [6.07, 6.45) is 1.54. The number of anilines is 2. The molecule has 0 atom stereocenters. The second-order valence-electron chi connectivity index (χ2n) is 8.52. The van der Waals surface area contributed by atoms with Crippen molar-refractivity contribution in [1.82, 2.24) is 24.8 Å². The molecule has 180 valence electrons. The Hall–Kier alpha value is -4.05. The summed E-state index contributed by atoms with van der Waals surface area (Å²) in [5.74, 6) is 4.06. The van der Waals surface area contributed by atoms with Gasteiger partial charge in [-0.15, -0.1) is 0 Å². The van der Waals surface area contributed by atoms with Crippen LogP contribution >= 0.6 is 0 Å². The van der Waals surface area contributed by atoms with E-state index in [2.05, 4.69) is 42.2 Å². The summed E-state index contributed by atoms with van der Waals surface area (Å²) in [6.45, 7) is 5.98. The predicted molar refractivity (Wildman–Crippen MR) is 132 cm³/mol. The summed E-state index contributed by atoms with van der Waals surface area (Å²) in [5, 5.41) is 3.33. The molecule has 1 fully saturated rings. The highest BCUT2D eigenvalue weighted by molar-refractivity contribution is 5.84. The molecule has 35 heavy (non-hydrogen) atoms. The van der Waals surface area contributed by atoms with Gasteiger partial charge in [-0.05, 0) is 29.8 Å². The van der Waals surface area contributed by atoms with Crippen molar-refractivity contribution in [3.05, 3.63) is 60.4 Å². The average Bonchev–Trinajstić information content (AvgIpc) is 3.55. The molecule has 10 heteroatoms. The van der Waals surface area contributed by atoms with Crippen molar-refractivity contribution in [3.8, 4) is 17.2 Å². The van der Waals surface area contributed by atoms with Gasteiger partial charge in [0.2, 0.25) is 12.7 Å². The smallest absolute Gasteiger partial charge is 0.231 e. The van der Waals surface area contributed by atoms with E-state index in [1.165, 1.54) is 11.9 Å². The van der Waals surface area contributed by atoms with Gasteiger partial charge in [-0.3, -0.25) is 4.90 Å². The molecule has 0 unspecified atom stereocenters. The third-order valence-electron chi connectivity index (χ3n) is 6.20. The Morgan fingerprint density at radius 3 is 2.71 bits per heavy atom. The quantitative estimate of drug-likeness (QED) is 0.374. The molecule has 2 aliphatic heterocycles. The molecule has 0 aliphatic carbocycles. The van der Waals surface area contributed by atoms with Crippen LogP contribution < -0.4 is 24.4 Å². The molecule has 4 aromatic rings. The number of piperazine rings is 1. The molecule has 0 amide bonds. The largest absolute Gasteiger partial charge is 0.492 e. The zero-order chi connectivity index (χ0) is 23.5. The Balaban J connectivity index is 1.05. The molecule has 2 N–H and O–H groups in total. The molecule has 6 rings (SSSR count). The lowest BCUT2D eigenvalue weighted by Crippen LogP contribution is -2.46. The number of H-pyrrole nitrogens is 1. The fourth-order valence-corrected chi connectivity index (χ4v) is 4.37. The molecule has 0 saturated carbocycles. The number of ether oxygens (including phenoxy) is 3. The Morgan fingerprint density at radius 1 is 0.971 bits per heavy atom. The first kappa shape index (κ1) is 21.5. The van der Waals surface area contributed by atoms with Crippen molar-refractivity contribution in [2.45, 2.75) is 6.54 Å². The van der Waals surface area contributed by atoms with Gasteiger partial charge in [0.05, 0.1) is 6.54 Å². The van der Waals surface area contributed by atoms with E-state index in [1.54, 1.807) is 0 Å². The summed E-state index contributed by atoms with van der Waals surface area (Å²) in [5.41, 5.74) is 2.70. The number of rotatable bonds is 8. The predicted octanol–water partition coefficient (Wildman–Crippen LogP) is 2.89. The number of aromatic amines is 1. The Bertz CT molecular complexity index is 1290. The van der Waals surface area contributed by atoms with Crippen molar-refractivity contribution in [2.75, 3.05) is 56.3 Å². The van der Waals surface area contributed by atoms with Gasteiger partial charge in [-0.1, -0.05) is 24.3 Å². The van der Waals surface area contributed by atoms with Gasteiger partial charge in [-0.25, -0.2) is 9.97 Å². The van der Waals surface area contributed by atoms with Crippen LogP contribution in [0, 0.1) is 0 Å². The molecule has 0 spiro atoms. The first-order chi connectivity index (χ1) is 17.3. The van der Waals surface area contributed by atoms with Crippen LogP contribution in [-0.2, 0) is 6.54 Å². The van der Waals surface area contributed by atoms with Gasteiger partial charge >= 0.3 is 0 Å². The van der Waals surface area contributed by atoms with Crippen LogP contribution in [0.25, 0.3) is 11.2 Å². The zero-order valence-corrected chi connectivity index (χ0v) is 19.3. The van der Waals surface area contributed by atoms with Gasteiger partial charge < -0.3 is 29.4 Å². The second-order valence-corrected chi connectivity index (χ2v) is 8.52. The number of para-hydroxylation sites is 1. The molecular weight excluding hydrogens is 446 g/mol. The number of aromatic nitrogens is 4. The number of nitrogens with zero attached hydrogens (tertiary/aromatic N) is 5. The van der Waals surface area contributed by atoms with Crippen molar-refractivity contribution in [3.63, 3.8) is 0 Å². The highest BCUT2D eigenvalue weighted by atomic mass is 16.7. The lowest BCUT2D eigenvalue weighted by atomic mass is 10.1. The van der Waals surface area contributed by atoms with E-state index >= 15 is 0 Å². The maximum atomic E-state index is 5.76. The Morgan fingerprint density at radius 2 is 1.83 bits per heavy atom. The van der Waals surface area contributed by atoms with Crippen molar-refractivity contribution in [1.29, 1.82) is 0 Å². The fraction of sp³-hybridized carbons (Fsp3) is 0.320. The summed E-state index contributed by atoms with van der Waals surface area (Å²) < 4.78 is 16.7. The monoisotopic (exact) mass is 473 g/mol. The molecule has 10 nitrogen and oxygen atoms in total. The number of hydrogen-bond donors (Lipinski definition) is 2. The van der Waals surface area contributed by atoms with Gasteiger partial charge in [0, 0.05) is 32.7 Å². The average molecular weight is 474 g/mol. The highest BCUT2D eigenvalue weighted by Crippen LogP contribution is 2.33. The van der Waals surface area contributed by atoms with Crippen LogP contribution in [0.4, 0.5) is 11.8 Å². The molecule has 2 aromatic carbocycles. The summed E-state index contributed by atoms with van der Waals surface area (Å²) in [6, 6.07) is 15.9. The normalized spacial score (nSPS) is 15.5. The minimum atomic E-state index is 0.304. The van der Waals surface area contributed by atoms with Gasteiger partial charge in [0.25, 0.3) is 0 Å². The van der Waals surface area contributed by atoms with E-state index in [4.69, 9.17) is 19.2 Å². The number of benzene rings is 2. The fourth-order valence-electron chi connectivity index (χ4n) is 4.37. The van der Waals surface area contributed by atoms with Gasteiger partial charge in [0.15, 0.2) is 23.0 Å². The van der Waals surface area contributed by atoms with E-state index in [1.807, 2.05) is 36.4 Å². The van der Waals surface area contributed by atoms with E-state index in [0.29, 0.717) is 25.6 Å². The van der Waals surface area contributed by atoms with Crippen LogP contribution in [0.5, 0.6) is 17.2 Å². The minimum Gasteiger partial charge on any atom is -0.492 e. The first-order valence-electron chi connectivity index (χ1n) is 11.8. The van der Waals surface area contributed by atoms with Crippen LogP contribution in [-0.4, -0.2) is 71.0 Å². The van der Waals surface area contributed by atoms with Crippen LogP contribution in [0.1, 0.15) is 5.56 Å². The second kappa shape index (κ2) is 9.67. The Kier molecular flexibility index (Phi) is 5.93. The lowest BCUT2D eigenvalue weighted by Gasteiger charge is -2.34. The maximum absolute atomic E-state index is 5.76. The minimum absolute atomic E-state index is 0.304. The highest BCUT2D eigenvalue weighted by Gasteiger charge is 2.22. The third-order valence-corrected chi connectivity index (χ3v) is 6.20. The topological polar surface area (TPSA) is 101 Å². The van der Waals surface area contributed by atoms with Crippen molar-refractivity contribution >= 4 is 22.9 Å². The van der Waals surface area contributed by atoms with E-state index in [9.17, 15) is 0 Å². The van der Waals surface area contributed by atoms with Crippen molar-refractivity contribution in [2.24, 2.45) is 0 Å². The summed E-state index contributed by atoms with van der Waals surface area (Å²) in [7, 11) is 0. The molecule has 2 aromatic heterocycles. The van der Waals surface area contributed by atoms with Crippen LogP contribution in [0.2, 0.25) is 0 Å². The summed E-state index contributed by atoms with van der Waals surface area (Å²) >= 11 is 0. The first-order valence-corrected chi connectivity index (χ1v) is 11.8. The molecule has 4 heterocycles. The summed E-state index contributed by atoms with van der Waals surface area (Å²) in [4.78, 5) is 21.6. The van der Waals surface area contributed by atoms with Gasteiger partial charge in [-0.2, -0.15) is 4.98 Å². The van der Waals surface area contributed by atoms with Gasteiger partial charge in [0.1, 0.15) is 24.2 Å². The molecule has 1 saturated heterocycles. The number of hydrogen-bond acceptors (Lipinski definition) is 9. The molecule has 2 aliphatic rings. The van der Waals surface area contributed by atoms with Crippen LogP contribution in [0.3, 0.4) is 0 Å². The maximum Gasteiger partial charge on any atom is 0.231 e. The zero-order valence-electron chi connectivity index (χ0n) is 19.3. The number of imidazole rings is 1. The SMILES string of the molecule is c1ccc(OCCNc2ncnc3nc(N4CCN(Cc5ccc6c(c5)OCO6)CC4)[nH]c23)cc1. The van der Waals surface area contributed by atoms with Crippen molar-refractivity contribution < 1.29 is 14.2 Å². The number of nitrogens with one attached hydrogen (secondary N) is 2.